The molecule has 0 N–H and O–H groups in total. The lowest BCUT2D eigenvalue weighted by molar-refractivity contribution is -0.428. The van der Waals surface area contributed by atoms with Gasteiger partial charge in [-0.2, -0.15) is 0 Å². The molecule has 1 aliphatic carbocycles. The number of rotatable bonds is 15. The highest BCUT2D eigenvalue weighted by Gasteiger charge is 2.84. The number of aldehydes is 1. The van der Waals surface area contributed by atoms with Gasteiger partial charge in [0.15, 0.2) is 24.2 Å². The Kier molecular flexibility index (Phi) is 6.51. The van der Waals surface area contributed by atoms with Crippen LogP contribution in [0.15, 0.2) is 0 Å². The first kappa shape index (κ1) is 22.3. The topological polar surface area (TPSA) is 54.0 Å². The summed E-state index contributed by atoms with van der Waals surface area (Å²) in [7, 11) is 0. The number of carbonyl (C=O) groups excluding carboxylic acids is 1. The molecule has 0 aromatic rings. The highest BCUT2D eigenvalue weighted by atomic mass is 16.9. The maximum absolute atomic E-state index is 12.2. The summed E-state index contributed by atoms with van der Waals surface area (Å²) in [4.78, 5) is 12.2. The van der Waals surface area contributed by atoms with Crippen molar-refractivity contribution in [3.05, 3.63) is 0 Å². The summed E-state index contributed by atoms with van der Waals surface area (Å²) in [5.41, 5.74) is 0. The second-order valence-corrected chi connectivity index (χ2v) is 10.8. The van der Waals surface area contributed by atoms with E-state index in [4.69, 9.17) is 18.9 Å². The van der Waals surface area contributed by atoms with E-state index in [0.29, 0.717) is 0 Å². The fourth-order valence-corrected chi connectivity index (χ4v) is 7.65. The zero-order chi connectivity index (χ0) is 21.5. The van der Waals surface area contributed by atoms with E-state index >= 15 is 0 Å². The van der Waals surface area contributed by atoms with Crippen LogP contribution in [0.5, 0.6) is 0 Å². The highest BCUT2D eigenvalue weighted by Crippen LogP contribution is 2.75. The molecule has 4 saturated heterocycles. The molecule has 5 nitrogen and oxygen atoms in total. The number of carbonyl (C=O) groups is 1. The molecule has 31 heavy (non-hydrogen) atoms. The number of unbranched alkanes of at least 4 members (excludes halogenated alkanes) is 10. The third-order valence-corrected chi connectivity index (χ3v) is 8.91. The van der Waals surface area contributed by atoms with Crippen LogP contribution in [0.2, 0.25) is 0 Å². The van der Waals surface area contributed by atoms with E-state index in [0.717, 1.165) is 25.7 Å². The van der Waals surface area contributed by atoms with Crippen LogP contribution in [0.1, 0.15) is 104 Å². The van der Waals surface area contributed by atoms with Crippen LogP contribution < -0.4 is 0 Å². The van der Waals surface area contributed by atoms with Crippen molar-refractivity contribution in [1.82, 2.24) is 0 Å². The van der Waals surface area contributed by atoms with Crippen molar-refractivity contribution in [2.75, 3.05) is 0 Å². The Morgan fingerprint density at radius 3 is 1.77 bits per heavy atom. The van der Waals surface area contributed by atoms with E-state index in [-0.39, 0.29) is 42.2 Å². The first-order valence-corrected chi connectivity index (χ1v) is 13.4. The summed E-state index contributed by atoms with van der Waals surface area (Å²) in [6.07, 6.45) is 17.3. The van der Waals surface area contributed by atoms with E-state index in [1.807, 2.05) is 0 Å². The molecule has 4 unspecified atom stereocenters. The summed E-state index contributed by atoms with van der Waals surface area (Å²) in [5, 5.41) is 0. The van der Waals surface area contributed by atoms with E-state index in [1.165, 1.54) is 70.5 Å². The van der Waals surface area contributed by atoms with E-state index < -0.39 is 11.6 Å². The Hall–Kier alpha value is -0.490. The maximum atomic E-state index is 12.2. The van der Waals surface area contributed by atoms with Crippen molar-refractivity contribution < 1.29 is 23.7 Å². The molecular weight excluding hydrogens is 392 g/mol. The molecule has 5 heteroatoms. The first-order valence-electron chi connectivity index (χ1n) is 13.4. The van der Waals surface area contributed by atoms with Crippen LogP contribution in [-0.4, -0.2) is 30.4 Å². The van der Waals surface area contributed by atoms with Gasteiger partial charge in [-0.1, -0.05) is 78.1 Å². The van der Waals surface area contributed by atoms with Crippen LogP contribution in [0.4, 0.5) is 0 Å². The molecule has 0 radical (unpaired) electrons. The van der Waals surface area contributed by atoms with Gasteiger partial charge in [0.2, 0.25) is 0 Å². The predicted molar refractivity (Wildman–Crippen MR) is 117 cm³/mol. The minimum atomic E-state index is -0.690. The fourth-order valence-electron chi connectivity index (χ4n) is 7.65. The zero-order valence-electron chi connectivity index (χ0n) is 19.6. The van der Waals surface area contributed by atoms with Crippen LogP contribution in [-0.2, 0) is 23.7 Å². The highest BCUT2D eigenvalue weighted by molar-refractivity contribution is 5.58. The Balaban J connectivity index is 1.29. The number of ether oxygens (including phenoxy) is 4. The van der Waals surface area contributed by atoms with Crippen molar-refractivity contribution in [2.45, 2.75) is 128 Å². The smallest absolute Gasteiger partial charge is 0.178 e. The average molecular weight is 435 g/mol. The average Bonchev–Trinajstić information content (AvgIpc) is 3.43. The van der Waals surface area contributed by atoms with Crippen molar-refractivity contribution >= 4 is 6.29 Å². The van der Waals surface area contributed by atoms with Gasteiger partial charge in [0.05, 0.1) is 0 Å². The number of hydrogen-bond donors (Lipinski definition) is 0. The maximum Gasteiger partial charge on any atom is 0.178 e. The molecule has 5 fully saturated rings. The second kappa shape index (κ2) is 9.04. The molecule has 4 heterocycles. The third kappa shape index (κ3) is 3.53. The van der Waals surface area contributed by atoms with Crippen LogP contribution >= 0.6 is 0 Å². The molecule has 4 aliphatic heterocycles. The SMILES string of the molecule is CCCCCCCC[C@]12O[C@@H]3O[C@H]4O[C@@](CCCCCCCC)(O1)C1C2C3C4[C@H]1C=O. The lowest BCUT2D eigenvalue weighted by Crippen LogP contribution is -2.54. The standard InChI is InChI=1S/C26H42O5/c1-3-5-7-9-11-13-15-25-21-18(17-27)19-20-22(21)26(31-25,16-14-12-10-8-6-4-2)30-24(20)28-23(19)29-25/h17-24H,3-16H2,1-2H3/t18-,19?,20?,21?,22?,23+,24+,25+,26+/m1/s1. The molecule has 0 aromatic carbocycles. The van der Waals surface area contributed by atoms with Gasteiger partial charge in [-0.3, -0.25) is 0 Å². The van der Waals surface area contributed by atoms with Crippen molar-refractivity contribution in [2.24, 2.45) is 29.6 Å². The summed E-state index contributed by atoms with van der Waals surface area (Å²) in [6, 6.07) is 0. The Morgan fingerprint density at radius 2 is 1.19 bits per heavy atom. The first-order chi connectivity index (χ1) is 15.2. The summed E-state index contributed by atoms with van der Waals surface area (Å²) in [5.74, 6) is -0.487. The van der Waals surface area contributed by atoms with Gasteiger partial charge in [-0.15, -0.1) is 0 Å². The lowest BCUT2D eigenvalue weighted by atomic mass is 9.77. The molecule has 5 aliphatic rings. The van der Waals surface area contributed by atoms with Gasteiger partial charge in [0, 0.05) is 42.4 Å². The Labute approximate surface area is 187 Å². The van der Waals surface area contributed by atoms with Crippen LogP contribution in [0.25, 0.3) is 0 Å². The van der Waals surface area contributed by atoms with Gasteiger partial charge >= 0.3 is 0 Å². The van der Waals surface area contributed by atoms with E-state index in [1.54, 1.807) is 0 Å². The molecule has 0 spiro atoms. The molecule has 5 rings (SSSR count). The van der Waals surface area contributed by atoms with Crippen molar-refractivity contribution in [1.29, 1.82) is 0 Å². The van der Waals surface area contributed by atoms with Crippen LogP contribution in [0, 0.1) is 29.6 Å². The van der Waals surface area contributed by atoms with Crippen molar-refractivity contribution in [3.63, 3.8) is 0 Å². The second-order valence-electron chi connectivity index (χ2n) is 10.8. The van der Waals surface area contributed by atoms with Gasteiger partial charge in [-0.25, -0.2) is 0 Å². The molecule has 2 bridgehead atoms. The summed E-state index contributed by atoms with van der Waals surface area (Å²) < 4.78 is 26.3. The van der Waals surface area contributed by atoms with Crippen LogP contribution in [0.3, 0.4) is 0 Å². The molecule has 1 saturated carbocycles. The fraction of sp³-hybridized carbons (Fsp3) is 0.962. The van der Waals surface area contributed by atoms with Gasteiger partial charge < -0.3 is 23.7 Å². The Bertz CT molecular complexity index is 639. The molecular formula is C26H42O5. The van der Waals surface area contributed by atoms with Gasteiger partial charge in [-0.05, 0) is 12.8 Å². The lowest BCUT2D eigenvalue weighted by Gasteiger charge is -2.46. The Morgan fingerprint density at radius 1 is 0.677 bits per heavy atom. The van der Waals surface area contributed by atoms with E-state index in [2.05, 4.69) is 13.8 Å². The summed E-state index contributed by atoms with van der Waals surface area (Å²) >= 11 is 0. The quantitative estimate of drug-likeness (QED) is 0.236. The monoisotopic (exact) mass is 434 g/mol. The zero-order valence-corrected chi connectivity index (χ0v) is 19.6. The predicted octanol–water partition coefficient (Wildman–Crippen LogP) is 5.95. The molecule has 9 atom stereocenters. The largest absolute Gasteiger partial charge is 0.323 e. The van der Waals surface area contributed by atoms with Gasteiger partial charge in [0.1, 0.15) is 6.29 Å². The number of hydrogen-bond acceptors (Lipinski definition) is 5. The molecule has 0 amide bonds. The minimum Gasteiger partial charge on any atom is -0.323 e. The summed E-state index contributed by atoms with van der Waals surface area (Å²) in [6.45, 7) is 4.51. The molecule has 0 aromatic heterocycles. The third-order valence-electron chi connectivity index (χ3n) is 8.91. The molecule has 176 valence electrons. The normalized spacial score (nSPS) is 45.8. The van der Waals surface area contributed by atoms with E-state index in [9.17, 15) is 4.79 Å². The van der Waals surface area contributed by atoms with Crippen molar-refractivity contribution in [3.8, 4) is 0 Å². The van der Waals surface area contributed by atoms with Gasteiger partial charge in [0.25, 0.3) is 0 Å². The minimum absolute atomic E-state index is 0.00540.